The molecule has 7 nitrogen and oxygen atoms in total. The van der Waals surface area contributed by atoms with Gasteiger partial charge in [0.2, 0.25) is 5.91 Å². The molecule has 4 rings (SSSR count). The van der Waals surface area contributed by atoms with E-state index in [1.807, 2.05) is 43.5 Å². The third-order valence-corrected chi connectivity index (χ3v) is 5.36. The van der Waals surface area contributed by atoms with Crippen LogP contribution in [0.1, 0.15) is 17.7 Å². The number of hydrogen-bond acceptors (Lipinski definition) is 5. The quantitative estimate of drug-likeness (QED) is 0.543. The number of hydrogen-bond donors (Lipinski definition) is 2. The second-order valence-corrected chi connectivity index (χ2v) is 7.53. The van der Waals surface area contributed by atoms with E-state index in [1.54, 1.807) is 6.07 Å². The summed E-state index contributed by atoms with van der Waals surface area (Å²) in [5.74, 6) is 0.269. The lowest BCUT2D eigenvalue weighted by Crippen LogP contribution is -2.23. The Hall–Kier alpha value is -3.26. The normalized spacial score (nSPS) is 11.1. The zero-order valence-electron chi connectivity index (χ0n) is 15.5. The van der Waals surface area contributed by atoms with Crippen molar-refractivity contribution < 1.29 is 4.79 Å². The maximum atomic E-state index is 13.0. The topological polar surface area (TPSA) is 92.7 Å². The molecule has 0 atom stereocenters. The van der Waals surface area contributed by atoms with Crippen LogP contribution < -0.4 is 10.9 Å². The molecule has 4 aromatic rings. The van der Waals surface area contributed by atoms with Gasteiger partial charge < -0.3 is 5.32 Å². The Morgan fingerprint density at radius 3 is 2.75 bits per heavy atom. The van der Waals surface area contributed by atoms with Gasteiger partial charge in [-0.05, 0) is 19.4 Å². The van der Waals surface area contributed by atoms with Gasteiger partial charge in [-0.15, -0.1) is 11.3 Å². The summed E-state index contributed by atoms with van der Waals surface area (Å²) in [4.78, 5) is 30.3. The minimum absolute atomic E-state index is 0.134. The van der Waals surface area contributed by atoms with Crippen molar-refractivity contribution in [2.45, 2.75) is 26.8 Å². The number of H-pyrrole nitrogens is 1. The van der Waals surface area contributed by atoms with E-state index in [0.717, 1.165) is 22.4 Å². The van der Waals surface area contributed by atoms with Gasteiger partial charge in [0, 0.05) is 35.7 Å². The number of fused-ring (bicyclic) bond motifs is 1. The molecule has 2 N–H and O–H groups in total. The van der Waals surface area contributed by atoms with Crippen LogP contribution in [0.25, 0.3) is 21.3 Å². The van der Waals surface area contributed by atoms with Gasteiger partial charge in [0.25, 0.3) is 5.56 Å². The fourth-order valence-corrected chi connectivity index (χ4v) is 3.89. The summed E-state index contributed by atoms with van der Waals surface area (Å²) in [6, 6.07) is 9.81. The van der Waals surface area contributed by atoms with E-state index in [9.17, 15) is 9.59 Å². The van der Waals surface area contributed by atoms with Crippen LogP contribution in [-0.4, -0.2) is 25.7 Å². The molecule has 142 valence electrons. The highest BCUT2D eigenvalue weighted by Crippen LogP contribution is 2.30. The van der Waals surface area contributed by atoms with Crippen molar-refractivity contribution in [2.24, 2.45) is 0 Å². The Labute approximate surface area is 165 Å². The number of benzene rings is 1. The van der Waals surface area contributed by atoms with E-state index in [4.69, 9.17) is 0 Å². The molecule has 1 aromatic carbocycles. The molecule has 28 heavy (non-hydrogen) atoms. The molecule has 0 unspecified atom stereocenters. The summed E-state index contributed by atoms with van der Waals surface area (Å²) in [5, 5.41) is 12.0. The fourth-order valence-electron chi connectivity index (χ4n) is 2.98. The number of nitrogens with one attached hydrogen (secondary N) is 2. The first-order valence-corrected chi connectivity index (χ1v) is 9.75. The zero-order chi connectivity index (χ0) is 19.7. The second-order valence-electron chi connectivity index (χ2n) is 6.67. The molecule has 0 bridgehead atoms. The van der Waals surface area contributed by atoms with Gasteiger partial charge in [-0.25, -0.2) is 4.98 Å². The number of carbonyl (C=O) groups is 1. The monoisotopic (exact) mass is 393 g/mol. The molecule has 3 heterocycles. The van der Waals surface area contributed by atoms with E-state index >= 15 is 0 Å². The minimum Gasteiger partial charge on any atom is -0.309 e. The molecule has 0 aliphatic rings. The maximum absolute atomic E-state index is 13.0. The molecule has 0 saturated heterocycles. The molecular formula is C20H19N5O2S. The van der Waals surface area contributed by atoms with Gasteiger partial charge in [0.05, 0.1) is 11.7 Å². The number of thiophene rings is 1. The number of aromatic nitrogens is 4. The van der Waals surface area contributed by atoms with Crippen LogP contribution in [0.15, 0.2) is 46.8 Å². The smallest absolute Gasteiger partial charge is 0.262 e. The number of nitrogens with zero attached hydrogens (tertiary/aromatic N) is 3. The molecule has 0 spiro atoms. The van der Waals surface area contributed by atoms with Crippen LogP contribution in [0.4, 0.5) is 5.82 Å². The fraction of sp³-hybridized carbons (Fsp3) is 0.200. The summed E-state index contributed by atoms with van der Waals surface area (Å²) in [6.07, 6.45) is 1.66. The third-order valence-electron chi connectivity index (χ3n) is 4.48. The summed E-state index contributed by atoms with van der Waals surface area (Å²) in [5.41, 5.74) is 3.76. The number of anilines is 1. The predicted molar refractivity (Wildman–Crippen MR) is 111 cm³/mol. The molecule has 0 aliphatic carbocycles. The number of rotatable bonds is 5. The van der Waals surface area contributed by atoms with E-state index < -0.39 is 0 Å². The zero-order valence-corrected chi connectivity index (χ0v) is 16.3. The first-order valence-electron chi connectivity index (χ1n) is 8.87. The number of amides is 1. The Morgan fingerprint density at radius 2 is 2.04 bits per heavy atom. The average Bonchev–Trinajstić information content (AvgIpc) is 3.28. The van der Waals surface area contributed by atoms with Gasteiger partial charge in [-0.3, -0.25) is 19.3 Å². The van der Waals surface area contributed by atoms with Gasteiger partial charge in [-0.2, -0.15) is 5.10 Å². The number of aromatic amines is 1. The lowest BCUT2D eigenvalue weighted by atomic mass is 10.1. The first-order chi connectivity index (χ1) is 13.5. The standard InChI is InChI=1S/C20H19N5O2S/c1-12-3-5-14(6-4-12)15-10-28-19-18(15)20(27)25(11-21-19)8-7-17(26)22-16-9-13(2)23-24-16/h3-6,9-11H,7-8H2,1-2H3,(H2,22,23,24,26). The van der Waals surface area contributed by atoms with Crippen LogP contribution >= 0.6 is 11.3 Å². The SMILES string of the molecule is Cc1ccc(-c2csc3ncn(CCC(=O)Nc4cc(C)[nH]n4)c(=O)c23)cc1. The molecule has 0 aliphatic heterocycles. The molecular weight excluding hydrogens is 374 g/mol. The Bertz CT molecular complexity index is 1200. The van der Waals surface area contributed by atoms with Crippen LogP contribution in [0.5, 0.6) is 0 Å². The average molecular weight is 393 g/mol. The largest absolute Gasteiger partial charge is 0.309 e. The summed E-state index contributed by atoms with van der Waals surface area (Å²) in [7, 11) is 0. The van der Waals surface area contributed by atoms with E-state index in [2.05, 4.69) is 20.5 Å². The number of carbonyl (C=O) groups excluding carboxylic acids is 1. The van der Waals surface area contributed by atoms with E-state index in [0.29, 0.717) is 16.0 Å². The molecule has 8 heteroatoms. The van der Waals surface area contributed by atoms with Gasteiger partial charge in [-0.1, -0.05) is 29.8 Å². The molecule has 0 saturated carbocycles. The van der Waals surface area contributed by atoms with Crippen molar-refractivity contribution in [3.63, 3.8) is 0 Å². The highest BCUT2D eigenvalue weighted by Gasteiger charge is 2.14. The second kappa shape index (κ2) is 7.40. The van der Waals surface area contributed by atoms with Crippen molar-refractivity contribution in [3.05, 3.63) is 63.7 Å². The Morgan fingerprint density at radius 1 is 1.25 bits per heavy atom. The summed E-state index contributed by atoms with van der Waals surface area (Å²) >= 11 is 1.45. The highest BCUT2D eigenvalue weighted by molar-refractivity contribution is 7.17. The molecule has 0 fully saturated rings. The molecule has 0 radical (unpaired) electrons. The number of aryl methyl sites for hydroxylation is 3. The van der Waals surface area contributed by atoms with Gasteiger partial charge in [0.15, 0.2) is 5.82 Å². The lowest BCUT2D eigenvalue weighted by molar-refractivity contribution is -0.116. The van der Waals surface area contributed by atoms with Crippen molar-refractivity contribution in [3.8, 4) is 11.1 Å². The Kier molecular flexibility index (Phi) is 4.79. The van der Waals surface area contributed by atoms with Gasteiger partial charge in [0.1, 0.15) is 4.83 Å². The van der Waals surface area contributed by atoms with Crippen molar-refractivity contribution in [2.75, 3.05) is 5.32 Å². The Balaban J connectivity index is 1.57. The van der Waals surface area contributed by atoms with Crippen LogP contribution in [0.3, 0.4) is 0 Å². The third kappa shape index (κ3) is 3.59. The summed E-state index contributed by atoms with van der Waals surface area (Å²) < 4.78 is 1.49. The summed E-state index contributed by atoms with van der Waals surface area (Å²) in [6.45, 7) is 4.13. The first kappa shape index (κ1) is 18.1. The van der Waals surface area contributed by atoms with Crippen LogP contribution in [0.2, 0.25) is 0 Å². The van der Waals surface area contributed by atoms with Crippen molar-refractivity contribution >= 4 is 33.3 Å². The van der Waals surface area contributed by atoms with Crippen molar-refractivity contribution in [1.82, 2.24) is 19.7 Å². The van der Waals surface area contributed by atoms with Crippen LogP contribution in [0, 0.1) is 13.8 Å². The van der Waals surface area contributed by atoms with E-state index in [1.165, 1.54) is 22.2 Å². The van der Waals surface area contributed by atoms with Gasteiger partial charge >= 0.3 is 0 Å². The predicted octanol–water partition coefficient (Wildman–Crippen LogP) is 3.49. The lowest BCUT2D eigenvalue weighted by Gasteiger charge is -2.06. The molecule has 3 aromatic heterocycles. The maximum Gasteiger partial charge on any atom is 0.262 e. The molecule has 1 amide bonds. The van der Waals surface area contributed by atoms with Crippen molar-refractivity contribution in [1.29, 1.82) is 0 Å². The van der Waals surface area contributed by atoms with Crippen LogP contribution in [-0.2, 0) is 11.3 Å². The van der Waals surface area contributed by atoms with E-state index in [-0.39, 0.29) is 24.4 Å². The highest BCUT2D eigenvalue weighted by atomic mass is 32.1. The minimum atomic E-state index is -0.206.